The maximum Gasteiger partial charge on any atom is 0.373 e. The smallest absolute Gasteiger partial charge is 0.373 e. The molecule has 0 radical (unpaired) electrons. The molecule has 3 rings (SSSR count). The van der Waals surface area contributed by atoms with Gasteiger partial charge in [0.2, 0.25) is 5.82 Å². The molecule has 132 valence electrons. The van der Waals surface area contributed by atoms with Gasteiger partial charge in [0.15, 0.2) is 0 Å². The van der Waals surface area contributed by atoms with Gasteiger partial charge >= 0.3 is 11.6 Å². The molecule has 0 bridgehead atoms. The predicted octanol–water partition coefficient (Wildman–Crippen LogP) is 4.85. The summed E-state index contributed by atoms with van der Waals surface area (Å²) in [7, 11) is 0. The molecule has 26 heavy (non-hydrogen) atoms. The molecule has 7 nitrogen and oxygen atoms in total. The van der Waals surface area contributed by atoms with Gasteiger partial charge in [-0.3, -0.25) is 10.1 Å². The third-order valence-electron chi connectivity index (χ3n) is 3.85. The molecule has 1 N–H and O–H groups in total. The van der Waals surface area contributed by atoms with Crippen LogP contribution in [0.25, 0.3) is 0 Å². The van der Waals surface area contributed by atoms with Gasteiger partial charge in [-0.2, -0.15) is 4.98 Å². The molecule has 0 saturated carbocycles. The number of nitrogens with zero attached hydrogens (tertiary/aromatic N) is 3. The van der Waals surface area contributed by atoms with Crippen molar-refractivity contribution in [3.63, 3.8) is 0 Å². The molecule has 2 aromatic carbocycles. The maximum atomic E-state index is 11.6. The minimum atomic E-state index is -0.545. The van der Waals surface area contributed by atoms with Crippen LogP contribution in [0.3, 0.4) is 0 Å². The molecule has 0 aliphatic rings. The van der Waals surface area contributed by atoms with Gasteiger partial charge in [0, 0.05) is 5.69 Å². The van der Waals surface area contributed by atoms with Crippen LogP contribution in [-0.2, 0) is 0 Å². The molecule has 0 spiro atoms. The average Bonchev–Trinajstić information content (AvgIpc) is 2.60. The molecule has 1 heterocycles. The summed E-state index contributed by atoms with van der Waals surface area (Å²) in [6.07, 6.45) is 1.24. The second-order valence-electron chi connectivity index (χ2n) is 5.99. The Balaban J connectivity index is 1.99. The summed E-state index contributed by atoms with van der Waals surface area (Å²) in [5.41, 5.74) is 3.48. The van der Waals surface area contributed by atoms with Crippen LogP contribution in [-0.4, -0.2) is 14.9 Å². The zero-order chi connectivity index (χ0) is 18.7. The van der Waals surface area contributed by atoms with Gasteiger partial charge in [-0.1, -0.05) is 29.8 Å². The first kappa shape index (κ1) is 17.3. The predicted molar refractivity (Wildman–Crippen MR) is 99.1 cm³/mol. The minimum Gasteiger partial charge on any atom is -0.434 e. The maximum absolute atomic E-state index is 11.6. The van der Waals surface area contributed by atoms with Crippen molar-refractivity contribution in [1.82, 2.24) is 9.97 Å². The molecule has 0 saturated heterocycles. The number of hydrogen-bond acceptors (Lipinski definition) is 6. The number of rotatable bonds is 5. The number of ether oxygens (including phenoxy) is 1. The molecule has 0 atom stereocenters. The molecular formula is C19H18N4O3. The second kappa shape index (κ2) is 7.18. The van der Waals surface area contributed by atoms with Gasteiger partial charge in [-0.05, 0) is 50.1 Å². The van der Waals surface area contributed by atoms with Crippen molar-refractivity contribution in [1.29, 1.82) is 0 Å². The van der Waals surface area contributed by atoms with Crippen LogP contribution < -0.4 is 10.1 Å². The van der Waals surface area contributed by atoms with E-state index in [1.807, 2.05) is 51.1 Å². The van der Waals surface area contributed by atoms with Crippen LogP contribution in [0, 0.1) is 30.9 Å². The molecule has 0 fully saturated rings. The van der Waals surface area contributed by atoms with Crippen molar-refractivity contribution in [3.8, 4) is 11.6 Å². The normalized spacial score (nSPS) is 10.4. The van der Waals surface area contributed by atoms with Gasteiger partial charge in [0.25, 0.3) is 0 Å². The molecule has 0 aliphatic carbocycles. The van der Waals surface area contributed by atoms with E-state index in [0.29, 0.717) is 5.75 Å². The van der Waals surface area contributed by atoms with Crippen molar-refractivity contribution < 1.29 is 9.66 Å². The SMILES string of the molecule is Cc1ccc(Oc2ncnc(Nc3cc(C)ccc3C)c2[N+](=O)[O-])cc1. The lowest BCUT2D eigenvalue weighted by atomic mass is 10.1. The lowest BCUT2D eigenvalue weighted by Gasteiger charge is -2.11. The van der Waals surface area contributed by atoms with E-state index in [1.54, 1.807) is 12.1 Å². The fraction of sp³-hybridized carbons (Fsp3) is 0.158. The zero-order valence-electron chi connectivity index (χ0n) is 14.7. The van der Waals surface area contributed by atoms with E-state index < -0.39 is 4.92 Å². The molecule has 0 amide bonds. The number of anilines is 2. The van der Waals surface area contributed by atoms with E-state index in [2.05, 4.69) is 15.3 Å². The Labute approximate surface area is 150 Å². The molecule has 1 aromatic heterocycles. The Morgan fingerprint density at radius 2 is 1.69 bits per heavy atom. The Morgan fingerprint density at radius 1 is 1.00 bits per heavy atom. The lowest BCUT2D eigenvalue weighted by molar-refractivity contribution is -0.385. The highest BCUT2D eigenvalue weighted by Crippen LogP contribution is 2.36. The summed E-state index contributed by atoms with van der Waals surface area (Å²) in [4.78, 5) is 19.1. The first-order chi connectivity index (χ1) is 12.4. The Hall–Kier alpha value is -3.48. The van der Waals surface area contributed by atoms with Gasteiger partial charge in [-0.15, -0.1) is 0 Å². The van der Waals surface area contributed by atoms with Crippen LogP contribution >= 0.6 is 0 Å². The highest BCUT2D eigenvalue weighted by Gasteiger charge is 2.25. The van der Waals surface area contributed by atoms with Crippen molar-refractivity contribution in [3.05, 3.63) is 75.6 Å². The van der Waals surface area contributed by atoms with Crippen LogP contribution in [0.4, 0.5) is 17.2 Å². The molecule has 7 heteroatoms. The summed E-state index contributed by atoms with van der Waals surface area (Å²) in [5, 5.41) is 14.7. The van der Waals surface area contributed by atoms with Gasteiger partial charge in [0.1, 0.15) is 12.1 Å². The standard InChI is InChI=1S/C19H18N4O3/c1-12-5-8-15(9-6-12)26-19-17(23(24)25)18(20-11-21-19)22-16-10-13(2)4-7-14(16)3/h4-11H,1-3H3,(H,20,21,22). The summed E-state index contributed by atoms with van der Waals surface area (Å²) in [5.74, 6) is 0.442. The summed E-state index contributed by atoms with van der Waals surface area (Å²) in [6, 6.07) is 13.0. The number of nitro groups is 1. The number of aryl methyl sites for hydroxylation is 3. The largest absolute Gasteiger partial charge is 0.434 e. The summed E-state index contributed by atoms with van der Waals surface area (Å²) >= 11 is 0. The number of aromatic nitrogens is 2. The monoisotopic (exact) mass is 350 g/mol. The van der Waals surface area contributed by atoms with Crippen LogP contribution in [0.2, 0.25) is 0 Å². The summed E-state index contributed by atoms with van der Waals surface area (Å²) < 4.78 is 5.63. The average molecular weight is 350 g/mol. The number of benzene rings is 2. The van der Waals surface area contributed by atoms with Crippen LogP contribution in [0.1, 0.15) is 16.7 Å². The quantitative estimate of drug-likeness (QED) is 0.523. The van der Waals surface area contributed by atoms with E-state index >= 15 is 0 Å². The highest BCUT2D eigenvalue weighted by atomic mass is 16.6. The zero-order valence-corrected chi connectivity index (χ0v) is 14.7. The van der Waals surface area contributed by atoms with Crippen molar-refractivity contribution in [2.45, 2.75) is 20.8 Å². The Morgan fingerprint density at radius 3 is 2.38 bits per heavy atom. The van der Waals surface area contributed by atoms with E-state index in [1.165, 1.54) is 6.33 Å². The van der Waals surface area contributed by atoms with E-state index in [4.69, 9.17) is 4.74 Å². The topological polar surface area (TPSA) is 90.2 Å². The number of hydrogen-bond donors (Lipinski definition) is 1. The molecule has 0 aliphatic heterocycles. The number of nitrogens with one attached hydrogen (secondary N) is 1. The lowest BCUT2D eigenvalue weighted by Crippen LogP contribution is -2.04. The minimum absolute atomic E-state index is 0.0841. The Kier molecular flexibility index (Phi) is 4.79. The van der Waals surface area contributed by atoms with Crippen molar-refractivity contribution >= 4 is 17.2 Å². The van der Waals surface area contributed by atoms with E-state index in [9.17, 15) is 10.1 Å². The van der Waals surface area contributed by atoms with Crippen LogP contribution in [0.5, 0.6) is 11.6 Å². The van der Waals surface area contributed by atoms with Crippen molar-refractivity contribution in [2.75, 3.05) is 5.32 Å². The summed E-state index contributed by atoms with van der Waals surface area (Å²) in [6.45, 7) is 5.81. The van der Waals surface area contributed by atoms with Crippen LogP contribution in [0.15, 0.2) is 48.8 Å². The first-order valence-electron chi connectivity index (χ1n) is 8.02. The van der Waals surface area contributed by atoms with Gasteiger partial charge < -0.3 is 10.1 Å². The third-order valence-corrected chi connectivity index (χ3v) is 3.85. The fourth-order valence-electron chi connectivity index (χ4n) is 2.41. The molecular weight excluding hydrogens is 332 g/mol. The molecule has 0 unspecified atom stereocenters. The molecule has 3 aromatic rings. The highest BCUT2D eigenvalue weighted by molar-refractivity contribution is 5.70. The van der Waals surface area contributed by atoms with E-state index in [-0.39, 0.29) is 17.4 Å². The third kappa shape index (κ3) is 3.77. The van der Waals surface area contributed by atoms with E-state index in [0.717, 1.165) is 22.4 Å². The van der Waals surface area contributed by atoms with Gasteiger partial charge in [-0.25, -0.2) is 4.98 Å². The second-order valence-corrected chi connectivity index (χ2v) is 5.99. The van der Waals surface area contributed by atoms with Crippen molar-refractivity contribution in [2.24, 2.45) is 0 Å². The van der Waals surface area contributed by atoms with Gasteiger partial charge in [0.05, 0.1) is 4.92 Å². The first-order valence-corrected chi connectivity index (χ1v) is 8.02. The fourth-order valence-corrected chi connectivity index (χ4v) is 2.41. The Bertz CT molecular complexity index is 955.